The van der Waals surface area contributed by atoms with E-state index < -0.39 is 0 Å². The third-order valence-corrected chi connectivity index (χ3v) is 0.354. The maximum absolute atomic E-state index is 6.60. The summed E-state index contributed by atoms with van der Waals surface area (Å²) < 4.78 is 6.60. The molecular formula is C4H10. The molecule has 26 valence electrons. The van der Waals surface area contributed by atoms with Crippen LogP contribution in [-0.4, -0.2) is 0 Å². The molecule has 0 rings (SSSR count). The highest BCUT2D eigenvalue weighted by atomic mass is 13.6. The Bertz CT molecular complexity index is 11.1. The van der Waals surface area contributed by atoms with E-state index in [2.05, 4.69) is 6.92 Å². The predicted octanol–water partition coefficient (Wildman–Crippen LogP) is 1.81. The molecule has 0 heteroatoms. The van der Waals surface area contributed by atoms with Gasteiger partial charge in [0.2, 0.25) is 0 Å². The minimum absolute atomic E-state index is 0.594. The molecule has 0 heterocycles. The molecule has 0 atom stereocenters. The number of unbranched alkanes of at least 4 members (excludes halogenated alkanes) is 1. The molecule has 0 aliphatic heterocycles. The summed E-state index contributed by atoms with van der Waals surface area (Å²) in [5.74, 6) is 0. The van der Waals surface area contributed by atoms with E-state index >= 15 is 0 Å². The van der Waals surface area contributed by atoms with Crippen LogP contribution in [0.3, 0.4) is 0 Å². The van der Waals surface area contributed by atoms with Gasteiger partial charge in [-0.2, -0.15) is 0 Å². The van der Waals surface area contributed by atoms with Crippen LogP contribution in [0.5, 0.6) is 0 Å². The van der Waals surface area contributed by atoms with E-state index in [0.29, 0.717) is 6.90 Å². The smallest absolute Gasteiger partial charge is 0.0230 e. The van der Waals surface area contributed by atoms with Crippen molar-refractivity contribution in [3.63, 3.8) is 0 Å². The summed E-state index contributed by atoms with van der Waals surface area (Å²) in [5.41, 5.74) is 0. The molecule has 4 heavy (non-hydrogen) atoms. The molecule has 0 aromatic rings. The van der Waals surface area contributed by atoms with Gasteiger partial charge in [0.05, 0.1) is 0 Å². The lowest BCUT2D eigenvalue weighted by atomic mass is 10.4. The molecular weight excluding hydrogens is 48.0 g/mol. The first-order chi connectivity index (χ1) is 2.41. The van der Waals surface area contributed by atoms with Crippen LogP contribution in [0.1, 0.15) is 28.0 Å². The lowest BCUT2D eigenvalue weighted by Crippen LogP contribution is -1.47. The molecule has 0 aliphatic rings. The van der Waals surface area contributed by atoms with E-state index in [1.165, 1.54) is 0 Å². The zero-order valence-corrected chi connectivity index (χ0v) is 3.12. The normalized spacial score (nSPS) is 10.8. The summed E-state index contributed by atoms with van der Waals surface area (Å²) >= 11 is 0. The molecule has 0 N–H and O–H groups in total. The highest BCUT2D eigenvalue weighted by molar-refractivity contribution is 4.12. The van der Waals surface area contributed by atoms with Gasteiger partial charge in [-0.3, -0.25) is 0 Å². The molecule has 0 aromatic heterocycles. The Morgan fingerprint density at radius 1 is 1.75 bits per heavy atom. The monoisotopic (exact) mass is 59.1 g/mol. The average molecular weight is 59.1 g/mol. The Kier molecular flexibility index (Phi) is 1.69. The van der Waals surface area contributed by atoms with Crippen molar-refractivity contribution < 1.29 is 1.37 Å². The van der Waals surface area contributed by atoms with Crippen molar-refractivity contribution in [1.29, 1.82) is 0 Å². The van der Waals surface area contributed by atoms with E-state index in [1.54, 1.807) is 0 Å². The first kappa shape index (κ1) is 2.25. The first-order valence-electron chi connectivity index (χ1n) is 2.41. The standard InChI is InChI=1S/C4H10/c1-3-4-2/h3-4H2,1-2H3/i1D. The topological polar surface area (TPSA) is 0 Å². The van der Waals surface area contributed by atoms with Crippen LogP contribution in [0.25, 0.3) is 0 Å². The Hall–Kier alpha value is 0. The van der Waals surface area contributed by atoms with Crippen LogP contribution in [0.15, 0.2) is 0 Å². The quantitative estimate of drug-likeness (QED) is 0.432. The van der Waals surface area contributed by atoms with Crippen molar-refractivity contribution >= 4 is 0 Å². The highest BCUT2D eigenvalue weighted by Crippen LogP contribution is 1.76. The molecule has 0 nitrogen and oxygen atoms in total. The predicted molar refractivity (Wildman–Crippen MR) is 20.6 cm³/mol. The first-order valence-corrected chi connectivity index (χ1v) is 1.71. The summed E-state index contributed by atoms with van der Waals surface area (Å²) in [6, 6.07) is 0. The van der Waals surface area contributed by atoms with Gasteiger partial charge in [-0.1, -0.05) is 26.7 Å². The van der Waals surface area contributed by atoms with Gasteiger partial charge in [-0.05, 0) is 0 Å². The Balaban J connectivity index is 2.19. The second kappa shape index (κ2) is 3.00. The third kappa shape index (κ3) is 2.00. The van der Waals surface area contributed by atoms with Gasteiger partial charge in [0.25, 0.3) is 0 Å². The van der Waals surface area contributed by atoms with E-state index in [9.17, 15) is 0 Å². The minimum atomic E-state index is 0.594. The van der Waals surface area contributed by atoms with E-state index in [-0.39, 0.29) is 0 Å². The molecule has 0 spiro atoms. The summed E-state index contributed by atoms with van der Waals surface area (Å²) in [4.78, 5) is 0. The Morgan fingerprint density at radius 2 is 2.50 bits per heavy atom. The third-order valence-electron chi connectivity index (χ3n) is 0.354. The van der Waals surface area contributed by atoms with Gasteiger partial charge in [-0.25, -0.2) is 0 Å². The fourth-order valence-electron chi connectivity index (χ4n) is 0. The fourth-order valence-corrected chi connectivity index (χ4v) is 0. The largest absolute Gasteiger partial charge is 0.0654 e. The van der Waals surface area contributed by atoms with Crippen molar-refractivity contribution in [1.82, 2.24) is 0 Å². The zero-order valence-electron chi connectivity index (χ0n) is 4.12. The second-order valence-electron chi connectivity index (χ2n) is 0.854. The zero-order chi connectivity index (χ0) is 4.12. The minimum Gasteiger partial charge on any atom is -0.0654 e. The number of rotatable bonds is 1. The van der Waals surface area contributed by atoms with Gasteiger partial charge in [0, 0.05) is 1.37 Å². The van der Waals surface area contributed by atoms with Gasteiger partial charge < -0.3 is 0 Å². The van der Waals surface area contributed by atoms with Gasteiger partial charge >= 0.3 is 0 Å². The SMILES string of the molecule is [2H]CCCC. The number of hydrogen-bond acceptors (Lipinski definition) is 0. The summed E-state index contributed by atoms with van der Waals surface area (Å²) in [7, 11) is 0. The van der Waals surface area contributed by atoms with Crippen LogP contribution in [-0.2, 0) is 0 Å². The van der Waals surface area contributed by atoms with E-state index in [1.807, 2.05) is 0 Å². The molecule has 0 aromatic carbocycles. The highest BCUT2D eigenvalue weighted by Gasteiger charge is 1.56. The summed E-state index contributed by atoms with van der Waals surface area (Å²) in [5, 5.41) is 0. The van der Waals surface area contributed by atoms with Crippen molar-refractivity contribution in [2.45, 2.75) is 26.7 Å². The van der Waals surface area contributed by atoms with Crippen LogP contribution < -0.4 is 0 Å². The van der Waals surface area contributed by atoms with Crippen molar-refractivity contribution in [3.8, 4) is 0 Å². The molecule has 0 amide bonds. The Labute approximate surface area is 29.2 Å². The summed E-state index contributed by atoms with van der Waals surface area (Å²) in [6.07, 6.45) is 2.21. The lowest BCUT2D eigenvalue weighted by Gasteiger charge is -1.68. The molecule has 0 fully saturated rings. The van der Waals surface area contributed by atoms with Crippen LogP contribution in [0.2, 0.25) is 0 Å². The van der Waals surface area contributed by atoms with Crippen LogP contribution >= 0.6 is 0 Å². The maximum Gasteiger partial charge on any atom is 0.0230 e. The van der Waals surface area contributed by atoms with E-state index in [0.717, 1.165) is 12.8 Å². The van der Waals surface area contributed by atoms with Gasteiger partial charge in [-0.15, -0.1) is 0 Å². The molecule has 0 aliphatic carbocycles. The fraction of sp³-hybridized carbons (Fsp3) is 1.00. The van der Waals surface area contributed by atoms with Crippen LogP contribution in [0, 0.1) is 0 Å². The molecule has 0 unspecified atom stereocenters. The molecule has 0 saturated carbocycles. The van der Waals surface area contributed by atoms with Crippen molar-refractivity contribution in [2.24, 2.45) is 0 Å². The van der Waals surface area contributed by atoms with Crippen molar-refractivity contribution in [2.75, 3.05) is 0 Å². The molecule has 0 saturated heterocycles. The van der Waals surface area contributed by atoms with Crippen molar-refractivity contribution in [3.05, 3.63) is 0 Å². The van der Waals surface area contributed by atoms with Gasteiger partial charge in [0.15, 0.2) is 0 Å². The average Bonchev–Trinajstić information content (AvgIpc) is 1.41. The van der Waals surface area contributed by atoms with Gasteiger partial charge in [0.1, 0.15) is 0 Å². The van der Waals surface area contributed by atoms with E-state index in [4.69, 9.17) is 1.37 Å². The second-order valence-corrected chi connectivity index (χ2v) is 0.854. The van der Waals surface area contributed by atoms with Crippen LogP contribution in [0.4, 0.5) is 0 Å². The maximum atomic E-state index is 6.60. The molecule has 0 radical (unpaired) electrons. The Morgan fingerprint density at radius 3 is 2.50 bits per heavy atom. The lowest BCUT2D eigenvalue weighted by molar-refractivity contribution is 0.886. The number of hydrogen-bond donors (Lipinski definition) is 0. The molecule has 0 bridgehead atoms. The summed E-state index contributed by atoms with van der Waals surface area (Å²) in [6.45, 7) is 2.69.